The van der Waals surface area contributed by atoms with Crippen molar-refractivity contribution in [2.75, 3.05) is 26.2 Å². The number of hydrogen-bond acceptors (Lipinski definition) is 5. The second-order valence-corrected chi connectivity index (χ2v) is 7.79. The first-order valence-electron chi connectivity index (χ1n) is 10.5. The summed E-state index contributed by atoms with van der Waals surface area (Å²) in [5.41, 5.74) is 1.02. The van der Waals surface area contributed by atoms with Crippen LogP contribution in [0.5, 0.6) is 0 Å². The molecule has 1 unspecified atom stereocenters. The maximum atomic E-state index is 13.1. The van der Waals surface area contributed by atoms with E-state index in [0.717, 1.165) is 45.2 Å². The lowest BCUT2D eigenvalue weighted by Gasteiger charge is -2.35. The Kier molecular flexibility index (Phi) is 6.19. The van der Waals surface area contributed by atoms with E-state index in [4.69, 9.17) is 0 Å². The van der Waals surface area contributed by atoms with E-state index in [9.17, 15) is 9.59 Å². The maximum absolute atomic E-state index is 13.1. The van der Waals surface area contributed by atoms with Crippen molar-refractivity contribution in [3.63, 3.8) is 0 Å². The predicted molar refractivity (Wildman–Crippen MR) is 109 cm³/mol. The first-order chi connectivity index (χ1) is 14.2. The summed E-state index contributed by atoms with van der Waals surface area (Å²) in [7, 11) is 0. The van der Waals surface area contributed by atoms with E-state index in [2.05, 4.69) is 20.9 Å². The second kappa shape index (κ2) is 9.17. The summed E-state index contributed by atoms with van der Waals surface area (Å²) in [6, 6.07) is 9.43. The molecule has 0 saturated carbocycles. The minimum absolute atomic E-state index is 0.0204. The average molecular weight is 396 g/mol. The highest BCUT2D eigenvalue weighted by Gasteiger charge is 2.30. The standard InChI is InChI=1S/C21H28N6O2/c28-20(16-6-2-1-3-7-16)23-14-18-8-4-5-13-26(18)21(29)19-15-27(25-24-19)17-9-11-22-12-10-17/h1-3,6-7,15,17-18,22H,4-5,8-14H2,(H,23,28). The zero-order chi connectivity index (χ0) is 20.1. The van der Waals surface area contributed by atoms with E-state index in [-0.39, 0.29) is 17.9 Å². The molecule has 29 heavy (non-hydrogen) atoms. The molecule has 4 rings (SSSR count). The molecule has 2 saturated heterocycles. The SMILES string of the molecule is O=C(NCC1CCCCN1C(=O)c1cn(C2CCNCC2)nn1)c1ccccc1. The second-order valence-electron chi connectivity index (χ2n) is 7.79. The van der Waals surface area contributed by atoms with Gasteiger partial charge in [0.1, 0.15) is 0 Å². The largest absolute Gasteiger partial charge is 0.350 e. The molecule has 0 spiro atoms. The first kappa shape index (κ1) is 19.6. The number of likely N-dealkylation sites (tertiary alicyclic amines) is 1. The van der Waals surface area contributed by atoms with Crippen LogP contribution in [0.3, 0.4) is 0 Å². The van der Waals surface area contributed by atoms with Crippen molar-refractivity contribution < 1.29 is 9.59 Å². The molecule has 2 aliphatic rings. The van der Waals surface area contributed by atoms with E-state index >= 15 is 0 Å². The number of aromatic nitrogens is 3. The Morgan fingerprint density at radius 3 is 2.69 bits per heavy atom. The van der Waals surface area contributed by atoms with Gasteiger partial charge in [0.2, 0.25) is 0 Å². The Hall–Kier alpha value is -2.74. The molecule has 1 aromatic heterocycles. The molecule has 0 aliphatic carbocycles. The summed E-state index contributed by atoms with van der Waals surface area (Å²) in [4.78, 5) is 27.3. The molecule has 2 aliphatic heterocycles. The molecule has 8 heteroatoms. The molecule has 2 aromatic rings. The van der Waals surface area contributed by atoms with Crippen molar-refractivity contribution in [2.45, 2.75) is 44.2 Å². The van der Waals surface area contributed by atoms with Crippen molar-refractivity contribution in [3.05, 3.63) is 47.8 Å². The topological polar surface area (TPSA) is 92.2 Å². The number of benzene rings is 1. The quantitative estimate of drug-likeness (QED) is 0.801. The fraction of sp³-hybridized carbons (Fsp3) is 0.524. The van der Waals surface area contributed by atoms with Gasteiger partial charge in [-0.3, -0.25) is 9.59 Å². The van der Waals surface area contributed by atoms with Gasteiger partial charge in [0.15, 0.2) is 5.69 Å². The highest BCUT2D eigenvalue weighted by Crippen LogP contribution is 2.21. The number of amides is 2. The number of carbonyl (C=O) groups excluding carboxylic acids is 2. The van der Waals surface area contributed by atoms with Crippen molar-refractivity contribution >= 4 is 11.8 Å². The molecule has 1 atom stereocenters. The zero-order valence-electron chi connectivity index (χ0n) is 16.6. The van der Waals surface area contributed by atoms with E-state index in [1.807, 2.05) is 27.8 Å². The smallest absolute Gasteiger partial charge is 0.276 e. The van der Waals surface area contributed by atoms with E-state index in [1.165, 1.54) is 0 Å². The summed E-state index contributed by atoms with van der Waals surface area (Å²) < 4.78 is 1.84. The van der Waals surface area contributed by atoms with Gasteiger partial charge in [0.25, 0.3) is 11.8 Å². The lowest BCUT2D eigenvalue weighted by Crippen LogP contribution is -2.49. The van der Waals surface area contributed by atoms with Gasteiger partial charge in [-0.15, -0.1) is 5.10 Å². The molecular formula is C21H28N6O2. The van der Waals surface area contributed by atoms with E-state index < -0.39 is 0 Å². The van der Waals surface area contributed by atoms with E-state index in [0.29, 0.717) is 30.4 Å². The zero-order valence-corrected chi connectivity index (χ0v) is 16.6. The fourth-order valence-corrected chi connectivity index (χ4v) is 4.15. The lowest BCUT2D eigenvalue weighted by molar-refractivity contribution is 0.0596. The van der Waals surface area contributed by atoms with Gasteiger partial charge in [-0.1, -0.05) is 23.4 Å². The molecular weight excluding hydrogens is 368 g/mol. The number of rotatable bonds is 5. The molecule has 2 fully saturated rings. The number of piperidine rings is 2. The van der Waals surface area contributed by atoms with Crippen LogP contribution in [-0.2, 0) is 0 Å². The van der Waals surface area contributed by atoms with Crippen LogP contribution in [0.25, 0.3) is 0 Å². The van der Waals surface area contributed by atoms with Gasteiger partial charge in [0.05, 0.1) is 12.2 Å². The highest BCUT2D eigenvalue weighted by molar-refractivity contribution is 5.94. The number of nitrogens with zero attached hydrogens (tertiary/aromatic N) is 4. The van der Waals surface area contributed by atoms with Crippen LogP contribution >= 0.6 is 0 Å². The van der Waals surface area contributed by atoms with E-state index in [1.54, 1.807) is 18.3 Å². The number of hydrogen-bond donors (Lipinski definition) is 2. The van der Waals surface area contributed by atoms with Crippen LogP contribution in [0.15, 0.2) is 36.5 Å². The lowest BCUT2D eigenvalue weighted by atomic mass is 10.0. The van der Waals surface area contributed by atoms with Crippen molar-refractivity contribution in [3.8, 4) is 0 Å². The van der Waals surface area contributed by atoms with Crippen LogP contribution in [0.2, 0.25) is 0 Å². The molecule has 0 radical (unpaired) electrons. The van der Waals surface area contributed by atoms with Crippen LogP contribution < -0.4 is 10.6 Å². The first-order valence-corrected chi connectivity index (χ1v) is 10.5. The fourth-order valence-electron chi connectivity index (χ4n) is 4.15. The molecule has 154 valence electrons. The van der Waals surface area contributed by atoms with Crippen LogP contribution in [0, 0.1) is 0 Å². The maximum Gasteiger partial charge on any atom is 0.276 e. The Balaban J connectivity index is 1.39. The molecule has 2 N–H and O–H groups in total. The summed E-state index contributed by atoms with van der Waals surface area (Å²) in [6.45, 7) is 3.05. The molecule has 2 amide bonds. The normalized spacial score (nSPS) is 20.4. The van der Waals surface area contributed by atoms with Gasteiger partial charge in [-0.2, -0.15) is 0 Å². The van der Waals surface area contributed by atoms with Gasteiger partial charge in [0, 0.05) is 24.7 Å². The number of carbonyl (C=O) groups is 2. The minimum atomic E-state index is -0.111. The molecule has 3 heterocycles. The van der Waals surface area contributed by atoms with Crippen molar-refractivity contribution in [1.29, 1.82) is 0 Å². The predicted octanol–water partition coefficient (Wildman–Crippen LogP) is 1.63. The summed E-state index contributed by atoms with van der Waals surface area (Å²) in [5.74, 6) is -0.204. The third kappa shape index (κ3) is 4.64. The highest BCUT2D eigenvalue weighted by atomic mass is 16.2. The molecule has 1 aromatic carbocycles. The van der Waals surface area contributed by atoms with Gasteiger partial charge >= 0.3 is 0 Å². The number of nitrogens with one attached hydrogen (secondary N) is 2. The third-order valence-electron chi connectivity index (χ3n) is 5.83. The van der Waals surface area contributed by atoms with Crippen LogP contribution in [0.1, 0.15) is 59.0 Å². The summed E-state index contributed by atoms with van der Waals surface area (Å²) >= 11 is 0. The summed E-state index contributed by atoms with van der Waals surface area (Å²) in [5, 5.41) is 14.7. The minimum Gasteiger partial charge on any atom is -0.350 e. The molecule has 0 bridgehead atoms. The van der Waals surface area contributed by atoms with Crippen molar-refractivity contribution in [1.82, 2.24) is 30.5 Å². The Labute approximate surface area is 170 Å². The monoisotopic (exact) mass is 396 g/mol. The van der Waals surface area contributed by atoms with Crippen molar-refractivity contribution in [2.24, 2.45) is 0 Å². The van der Waals surface area contributed by atoms with Crippen LogP contribution in [0.4, 0.5) is 0 Å². The van der Waals surface area contributed by atoms with Crippen LogP contribution in [-0.4, -0.2) is 63.9 Å². The Bertz CT molecular complexity index is 831. The van der Waals surface area contributed by atoms with Gasteiger partial charge < -0.3 is 15.5 Å². The third-order valence-corrected chi connectivity index (χ3v) is 5.83. The average Bonchev–Trinajstić information content (AvgIpc) is 3.29. The Morgan fingerprint density at radius 2 is 1.90 bits per heavy atom. The van der Waals surface area contributed by atoms with Gasteiger partial charge in [-0.05, 0) is 57.3 Å². The summed E-state index contributed by atoms with van der Waals surface area (Å²) in [6.07, 6.45) is 6.67. The molecule has 8 nitrogen and oxygen atoms in total. The van der Waals surface area contributed by atoms with Gasteiger partial charge in [-0.25, -0.2) is 4.68 Å². The Morgan fingerprint density at radius 1 is 1.10 bits per heavy atom.